The number of benzene rings is 2. The third-order valence-electron chi connectivity index (χ3n) is 2.68. The molecule has 0 aliphatic rings. The lowest BCUT2D eigenvalue weighted by atomic mass is 10.0. The summed E-state index contributed by atoms with van der Waals surface area (Å²) in [4.78, 5) is 12.1. The molecule has 0 radical (unpaired) electrons. The Morgan fingerprint density at radius 1 is 1.26 bits per heavy atom. The smallest absolute Gasteiger partial charge is 0.167 e. The molecule has 0 heterocycles. The summed E-state index contributed by atoms with van der Waals surface area (Å²) in [6, 6.07) is 8.95. The summed E-state index contributed by atoms with van der Waals surface area (Å²) in [5.74, 6) is -0.519. The van der Waals surface area contributed by atoms with Crippen molar-refractivity contribution in [1.82, 2.24) is 0 Å². The van der Waals surface area contributed by atoms with Gasteiger partial charge in [-0.05, 0) is 42.0 Å². The van der Waals surface area contributed by atoms with Crippen LogP contribution in [0, 0.1) is 5.82 Å². The van der Waals surface area contributed by atoms with Crippen LogP contribution in [0.25, 0.3) is 0 Å². The topological polar surface area (TPSA) is 43.1 Å². The van der Waals surface area contributed by atoms with Gasteiger partial charge in [-0.15, -0.1) is 0 Å². The number of anilines is 1. The van der Waals surface area contributed by atoms with Crippen molar-refractivity contribution in [2.24, 2.45) is 0 Å². The molecule has 98 valence electrons. The highest BCUT2D eigenvalue weighted by molar-refractivity contribution is 9.10. The molecule has 0 saturated heterocycles. The van der Waals surface area contributed by atoms with Crippen molar-refractivity contribution < 1.29 is 9.18 Å². The molecule has 0 saturated carbocycles. The van der Waals surface area contributed by atoms with Crippen LogP contribution >= 0.6 is 27.5 Å². The fourth-order valence-corrected chi connectivity index (χ4v) is 2.22. The molecule has 0 aromatic heterocycles. The second kappa shape index (κ2) is 5.72. The van der Waals surface area contributed by atoms with Crippen LogP contribution in [-0.4, -0.2) is 5.78 Å². The lowest BCUT2D eigenvalue weighted by Gasteiger charge is -2.06. The van der Waals surface area contributed by atoms with Gasteiger partial charge in [0.1, 0.15) is 5.82 Å². The molecule has 2 nitrogen and oxygen atoms in total. The number of halogens is 3. The zero-order valence-electron chi connectivity index (χ0n) is 9.79. The third-order valence-corrected chi connectivity index (χ3v) is 3.78. The number of rotatable bonds is 3. The molecule has 19 heavy (non-hydrogen) atoms. The Kier molecular flexibility index (Phi) is 4.22. The first-order valence-electron chi connectivity index (χ1n) is 5.49. The lowest BCUT2D eigenvalue weighted by Crippen LogP contribution is -2.05. The van der Waals surface area contributed by atoms with Gasteiger partial charge in [0.15, 0.2) is 5.78 Å². The van der Waals surface area contributed by atoms with Crippen LogP contribution in [-0.2, 0) is 6.42 Å². The van der Waals surface area contributed by atoms with Crippen LogP contribution in [0.4, 0.5) is 10.1 Å². The van der Waals surface area contributed by atoms with Crippen molar-refractivity contribution in [3.05, 3.63) is 62.8 Å². The minimum absolute atomic E-state index is 0.0958. The van der Waals surface area contributed by atoms with Gasteiger partial charge in [-0.2, -0.15) is 0 Å². The molecule has 2 N–H and O–H groups in total. The number of hydrogen-bond donors (Lipinski definition) is 1. The van der Waals surface area contributed by atoms with Crippen LogP contribution in [0.3, 0.4) is 0 Å². The molecule has 0 spiro atoms. The van der Waals surface area contributed by atoms with Gasteiger partial charge >= 0.3 is 0 Å². The second-order valence-corrected chi connectivity index (χ2v) is 5.33. The Hall–Kier alpha value is -1.39. The van der Waals surface area contributed by atoms with Gasteiger partial charge in [0.2, 0.25) is 0 Å². The van der Waals surface area contributed by atoms with Gasteiger partial charge in [-0.1, -0.05) is 27.5 Å². The first-order valence-corrected chi connectivity index (χ1v) is 6.66. The standard InChI is InChI=1S/C14H10BrClFNO/c15-11-3-2-10(17)5-9(11)7-14(19)8-1-4-13(18)12(16)6-8/h1-6H,7,18H2. The van der Waals surface area contributed by atoms with Gasteiger partial charge in [0.05, 0.1) is 10.7 Å². The Morgan fingerprint density at radius 3 is 2.68 bits per heavy atom. The molecular weight excluding hydrogens is 333 g/mol. The number of carbonyl (C=O) groups is 1. The number of hydrogen-bond acceptors (Lipinski definition) is 2. The fraction of sp³-hybridized carbons (Fsp3) is 0.0714. The summed E-state index contributed by atoms with van der Waals surface area (Å²) in [6.07, 6.45) is 0.0958. The third kappa shape index (κ3) is 3.33. The molecule has 0 unspecified atom stereocenters. The second-order valence-electron chi connectivity index (χ2n) is 4.07. The number of Topliss-reactive ketones (excluding diaryl/α,β-unsaturated/α-hetero) is 1. The largest absolute Gasteiger partial charge is 0.398 e. The molecule has 5 heteroatoms. The van der Waals surface area contributed by atoms with Crippen molar-refractivity contribution in [2.45, 2.75) is 6.42 Å². The summed E-state index contributed by atoms with van der Waals surface area (Å²) >= 11 is 9.16. The van der Waals surface area contributed by atoms with Gasteiger partial charge in [0, 0.05) is 16.5 Å². The molecule has 0 bridgehead atoms. The predicted molar refractivity (Wildman–Crippen MR) is 78.0 cm³/mol. The maximum Gasteiger partial charge on any atom is 0.167 e. The Bertz CT molecular complexity index is 645. The highest BCUT2D eigenvalue weighted by Gasteiger charge is 2.11. The maximum absolute atomic E-state index is 13.1. The van der Waals surface area contributed by atoms with Crippen molar-refractivity contribution >= 4 is 39.0 Å². The van der Waals surface area contributed by atoms with Gasteiger partial charge in [-0.25, -0.2) is 4.39 Å². The first-order chi connectivity index (χ1) is 8.97. The van der Waals surface area contributed by atoms with Crippen molar-refractivity contribution in [3.63, 3.8) is 0 Å². The molecule has 0 fully saturated rings. The molecule has 2 aromatic rings. The van der Waals surface area contributed by atoms with E-state index in [0.717, 1.165) is 0 Å². The van der Waals surface area contributed by atoms with E-state index in [2.05, 4.69) is 15.9 Å². The quantitative estimate of drug-likeness (QED) is 0.669. The minimum Gasteiger partial charge on any atom is -0.398 e. The van der Waals surface area contributed by atoms with Crippen LogP contribution < -0.4 is 5.73 Å². The highest BCUT2D eigenvalue weighted by Crippen LogP contribution is 2.23. The summed E-state index contributed by atoms with van der Waals surface area (Å²) in [5.41, 5.74) is 7.06. The lowest BCUT2D eigenvalue weighted by molar-refractivity contribution is 0.0993. The zero-order chi connectivity index (χ0) is 14.0. The fourth-order valence-electron chi connectivity index (χ4n) is 1.65. The number of ketones is 1. The van der Waals surface area contributed by atoms with E-state index in [1.165, 1.54) is 18.2 Å². The minimum atomic E-state index is -0.374. The molecular formula is C14H10BrClFNO. The Labute approximate surface area is 123 Å². The van der Waals surface area contributed by atoms with Gasteiger partial charge < -0.3 is 5.73 Å². The summed E-state index contributed by atoms with van der Waals surface area (Å²) < 4.78 is 13.8. The van der Waals surface area contributed by atoms with Crippen molar-refractivity contribution in [2.75, 3.05) is 5.73 Å². The van der Waals surface area contributed by atoms with Gasteiger partial charge in [-0.3, -0.25) is 4.79 Å². The van der Waals surface area contributed by atoms with Crippen LogP contribution in [0.2, 0.25) is 5.02 Å². The van der Waals surface area contributed by atoms with E-state index in [9.17, 15) is 9.18 Å². The van der Waals surface area contributed by atoms with Crippen LogP contribution in [0.5, 0.6) is 0 Å². The van der Waals surface area contributed by atoms with Gasteiger partial charge in [0.25, 0.3) is 0 Å². The zero-order valence-corrected chi connectivity index (χ0v) is 12.1. The Morgan fingerprint density at radius 2 is 2.00 bits per heavy atom. The molecule has 2 aromatic carbocycles. The average Bonchev–Trinajstić information content (AvgIpc) is 2.37. The highest BCUT2D eigenvalue weighted by atomic mass is 79.9. The number of nitrogens with two attached hydrogens (primary N) is 1. The van der Waals surface area contributed by atoms with E-state index in [0.29, 0.717) is 26.3 Å². The SMILES string of the molecule is Nc1ccc(C(=O)Cc2cc(F)ccc2Br)cc1Cl. The van der Waals surface area contributed by atoms with E-state index >= 15 is 0 Å². The first kappa shape index (κ1) is 14.0. The van der Waals surface area contributed by atoms with Crippen molar-refractivity contribution in [3.8, 4) is 0 Å². The number of nitrogen functional groups attached to an aromatic ring is 1. The maximum atomic E-state index is 13.1. The molecule has 2 rings (SSSR count). The van der Waals surface area contributed by atoms with E-state index in [-0.39, 0.29) is 18.0 Å². The van der Waals surface area contributed by atoms with E-state index in [1.54, 1.807) is 18.2 Å². The molecule has 0 aliphatic heterocycles. The Balaban J connectivity index is 2.25. The van der Waals surface area contributed by atoms with Crippen molar-refractivity contribution in [1.29, 1.82) is 0 Å². The van der Waals surface area contributed by atoms with Crippen LogP contribution in [0.1, 0.15) is 15.9 Å². The van der Waals surface area contributed by atoms with E-state index in [4.69, 9.17) is 17.3 Å². The van der Waals surface area contributed by atoms with E-state index < -0.39 is 0 Å². The molecule has 0 atom stereocenters. The average molecular weight is 343 g/mol. The monoisotopic (exact) mass is 341 g/mol. The molecule has 0 aliphatic carbocycles. The summed E-state index contributed by atoms with van der Waals surface area (Å²) in [5, 5.41) is 0.337. The number of carbonyl (C=O) groups excluding carboxylic acids is 1. The summed E-state index contributed by atoms with van der Waals surface area (Å²) in [7, 11) is 0. The van der Waals surface area contributed by atoms with Crippen LogP contribution in [0.15, 0.2) is 40.9 Å². The predicted octanol–water partition coefficient (Wildman–Crippen LogP) is 4.25. The normalized spacial score (nSPS) is 10.5. The van der Waals surface area contributed by atoms with E-state index in [1.807, 2.05) is 0 Å². The summed E-state index contributed by atoms with van der Waals surface area (Å²) in [6.45, 7) is 0. The molecule has 0 amide bonds.